The summed E-state index contributed by atoms with van der Waals surface area (Å²) < 4.78 is 1.07. The van der Waals surface area contributed by atoms with Gasteiger partial charge in [0, 0.05) is 4.47 Å². The second-order valence-corrected chi connectivity index (χ2v) is 5.82. The highest BCUT2D eigenvalue weighted by Gasteiger charge is 2.72. The zero-order valence-electron chi connectivity index (χ0n) is 8.16. The highest BCUT2D eigenvalue weighted by Crippen LogP contribution is 2.73. The minimum atomic E-state index is -0.610. The average Bonchev–Trinajstić information content (AvgIpc) is 2.02. The molecular formula is C12H11BrO2. The van der Waals surface area contributed by atoms with Gasteiger partial charge in [0.25, 0.3) is 0 Å². The monoisotopic (exact) mass is 266 g/mol. The first-order chi connectivity index (χ1) is 7.06. The van der Waals surface area contributed by atoms with E-state index < -0.39 is 5.97 Å². The van der Waals surface area contributed by atoms with Crippen LogP contribution in [0.1, 0.15) is 24.8 Å². The third-order valence-electron chi connectivity index (χ3n) is 3.94. The second kappa shape index (κ2) is 2.64. The number of benzene rings is 1. The number of halogens is 1. The first kappa shape index (κ1) is 9.40. The first-order valence-corrected chi connectivity index (χ1v) is 5.85. The van der Waals surface area contributed by atoms with Gasteiger partial charge in [-0.2, -0.15) is 0 Å². The standard InChI is InChI=1S/C12H11BrO2/c13-9-3-1-8(2-4-9)11-5-12(6-11,7-11)10(14)15/h1-4H,5-7H2,(H,14,15). The molecule has 0 heterocycles. The Morgan fingerprint density at radius 3 is 2.20 bits per heavy atom. The molecule has 0 aromatic heterocycles. The van der Waals surface area contributed by atoms with Crippen LogP contribution in [-0.2, 0) is 10.2 Å². The van der Waals surface area contributed by atoms with E-state index in [1.54, 1.807) is 0 Å². The number of carboxylic acids is 1. The molecule has 0 aliphatic heterocycles. The van der Waals surface area contributed by atoms with E-state index in [4.69, 9.17) is 5.11 Å². The molecule has 3 saturated carbocycles. The van der Waals surface area contributed by atoms with Gasteiger partial charge in [0.05, 0.1) is 5.41 Å². The van der Waals surface area contributed by atoms with Gasteiger partial charge < -0.3 is 5.11 Å². The van der Waals surface area contributed by atoms with Gasteiger partial charge in [0.1, 0.15) is 0 Å². The summed E-state index contributed by atoms with van der Waals surface area (Å²) >= 11 is 3.40. The maximum atomic E-state index is 11.0. The van der Waals surface area contributed by atoms with Crippen molar-refractivity contribution in [2.75, 3.05) is 0 Å². The minimum absolute atomic E-state index is 0.194. The zero-order valence-corrected chi connectivity index (χ0v) is 9.75. The van der Waals surface area contributed by atoms with E-state index in [0.717, 1.165) is 23.7 Å². The van der Waals surface area contributed by atoms with Gasteiger partial charge in [-0.1, -0.05) is 28.1 Å². The lowest BCUT2D eigenvalue weighted by Crippen LogP contribution is -2.67. The average molecular weight is 267 g/mol. The van der Waals surface area contributed by atoms with E-state index in [1.165, 1.54) is 5.56 Å². The number of carbonyl (C=O) groups is 1. The molecule has 0 radical (unpaired) electrons. The van der Waals surface area contributed by atoms with Gasteiger partial charge in [-0.15, -0.1) is 0 Å². The van der Waals surface area contributed by atoms with Gasteiger partial charge in [-0.3, -0.25) is 4.79 Å². The predicted molar refractivity (Wildman–Crippen MR) is 59.7 cm³/mol. The summed E-state index contributed by atoms with van der Waals surface area (Å²) in [6, 6.07) is 8.27. The fourth-order valence-electron chi connectivity index (χ4n) is 3.12. The molecule has 3 aliphatic carbocycles. The molecule has 3 fully saturated rings. The summed E-state index contributed by atoms with van der Waals surface area (Å²) in [7, 11) is 0. The number of hydrogen-bond donors (Lipinski definition) is 1. The molecule has 0 spiro atoms. The summed E-state index contributed by atoms with van der Waals surface area (Å²) in [5.74, 6) is -0.610. The predicted octanol–water partition coefficient (Wildman–Crippen LogP) is 2.96. The summed E-state index contributed by atoms with van der Waals surface area (Å²) in [5.41, 5.74) is 1.13. The molecule has 2 bridgehead atoms. The Bertz CT molecular complexity index is 416. The SMILES string of the molecule is O=C(O)C12CC(c3ccc(Br)cc3)(C1)C2. The van der Waals surface area contributed by atoms with Crippen molar-refractivity contribution >= 4 is 21.9 Å². The van der Waals surface area contributed by atoms with Crippen molar-refractivity contribution < 1.29 is 9.90 Å². The largest absolute Gasteiger partial charge is 0.481 e. The van der Waals surface area contributed by atoms with E-state index in [-0.39, 0.29) is 10.8 Å². The molecular weight excluding hydrogens is 256 g/mol. The van der Waals surface area contributed by atoms with Crippen molar-refractivity contribution in [1.29, 1.82) is 0 Å². The lowest BCUT2D eigenvalue weighted by atomic mass is 9.33. The normalized spacial score (nSPS) is 36.6. The summed E-state index contributed by atoms with van der Waals surface area (Å²) in [4.78, 5) is 11.0. The molecule has 3 aliphatic rings. The quantitative estimate of drug-likeness (QED) is 0.894. The van der Waals surface area contributed by atoms with Crippen LogP contribution >= 0.6 is 15.9 Å². The molecule has 0 unspecified atom stereocenters. The summed E-state index contributed by atoms with van der Waals surface area (Å²) in [6.45, 7) is 0. The van der Waals surface area contributed by atoms with Crippen LogP contribution in [0, 0.1) is 5.41 Å². The van der Waals surface area contributed by atoms with E-state index in [9.17, 15) is 4.79 Å². The van der Waals surface area contributed by atoms with Gasteiger partial charge in [0.2, 0.25) is 0 Å². The lowest BCUT2D eigenvalue weighted by molar-refractivity contribution is -0.194. The molecule has 0 saturated heterocycles. The van der Waals surface area contributed by atoms with Gasteiger partial charge in [0.15, 0.2) is 0 Å². The zero-order chi connectivity index (χ0) is 10.7. The Kier molecular flexibility index (Phi) is 1.66. The first-order valence-electron chi connectivity index (χ1n) is 5.06. The van der Waals surface area contributed by atoms with Crippen molar-refractivity contribution in [3.63, 3.8) is 0 Å². The Balaban J connectivity index is 1.84. The molecule has 1 aromatic carbocycles. The fraction of sp³-hybridized carbons (Fsp3) is 0.417. The Morgan fingerprint density at radius 2 is 1.73 bits per heavy atom. The third-order valence-corrected chi connectivity index (χ3v) is 4.47. The van der Waals surface area contributed by atoms with Crippen molar-refractivity contribution in [3.8, 4) is 0 Å². The second-order valence-electron chi connectivity index (χ2n) is 4.90. The number of rotatable bonds is 2. The molecule has 4 rings (SSSR count). The number of aliphatic carboxylic acids is 1. The van der Waals surface area contributed by atoms with Crippen LogP contribution in [0.25, 0.3) is 0 Å². The fourth-order valence-corrected chi connectivity index (χ4v) is 3.39. The lowest BCUT2D eigenvalue weighted by Gasteiger charge is -2.68. The molecule has 3 heteroatoms. The van der Waals surface area contributed by atoms with Crippen LogP contribution in [0.2, 0.25) is 0 Å². The maximum absolute atomic E-state index is 11.0. The van der Waals surface area contributed by atoms with Gasteiger partial charge in [-0.25, -0.2) is 0 Å². The smallest absolute Gasteiger partial charge is 0.309 e. The van der Waals surface area contributed by atoms with Crippen molar-refractivity contribution in [2.24, 2.45) is 5.41 Å². The maximum Gasteiger partial charge on any atom is 0.309 e. The van der Waals surface area contributed by atoms with E-state index in [1.807, 2.05) is 12.1 Å². The van der Waals surface area contributed by atoms with Crippen LogP contribution in [0.3, 0.4) is 0 Å². The summed E-state index contributed by atoms with van der Waals surface area (Å²) in [6.07, 6.45) is 2.49. The van der Waals surface area contributed by atoms with Crippen LogP contribution < -0.4 is 0 Å². The van der Waals surface area contributed by atoms with Crippen LogP contribution in [0.15, 0.2) is 28.7 Å². The highest BCUT2D eigenvalue weighted by molar-refractivity contribution is 9.10. The Labute approximate surface area is 96.4 Å². The molecule has 2 nitrogen and oxygen atoms in total. The van der Waals surface area contributed by atoms with Crippen LogP contribution in [0.4, 0.5) is 0 Å². The van der Waals surface area contributed by atoms with E-state index in [2.05, 4.69) is 28.1 Å². The highest BCUT2D eigenvalue weighted by atomic mass is 79.9. The third kappa shape index (κ3) is 1.07. The van der Waals surface area contributed by atoms with Crippen LogP contribution in [-0.4, -0.2) is 11.1 Å². The number of hydrogen-bond acceptors (Lipinski definition) is 1. The van der Waals surface area contributed by atoms with Crippen molar-refractivity contribution in [1.82, 2.24) is 0 Å². The van der Waals surface area contributed by atoms with Crippen LogP contribution in [0.5, 0.6) is 0 Å². The molecule has 0 atom stereocenters. The molecule has 1 N–H and O–H groups in total. The van der Waals surface area contributed by atoms with Crippen molar-refractivity contribution in [2.45, 2.75) is 24.7 Å². The molecule has 0 amide bonds. The molecule has 1 aromatic rings. The van der Waals surface area contributed by atoms with E-state index >= 15 is 0 Å². The van der Waals surface area contributed by atoms with Gasteiger partial charge in [-0.05, 0) is 42.4 Å². The van der Waals surface area contributed by atoms with E-state index in [0.29, 0.717) is 0 Å². The Morgan fingerprint density at radius 1 is 1.20 bits per heavy atom. The topological polar surface area (TPSA) is 37.3 Å². The van der Waals surface area contributed by atoms with Crippen molar-refractivity contribution in [3.05, 3.63) is 34.3 Å². The van der Waals surface area contributed by atoms with Gasteiger partial charge >= 0.3 is 5.97 Å². The number of carboxylic acid groups (broad SMARTS) is 1. The molecule has 78 valence electrons. The Hall–Kier alpha value is -0.830. The summed E-state index contributed by atoms with van der Waals surface area (Å²) in [5, 5.41) is 9.03. The minimum Gasteiger partial charge on any atom is -0.481 e. The molecule has 15 heavy (non-hydrogen) atoms.